The summed E-state index contributed by atoms with van der Waals surface area (Å²) in [6.45, 7) is 4.22. The van der Waals surface area contributed by atoms with Crippen molar-refractivity contribution in [2.24, 2.45) is 0 Å². The SMILES string of the molecule is CC/C=C\C/C=C\C/C=C\C/C=C\C/C=C\C/C=C\C/C=C\C/C=C\C/C=C\C/C=C\C/C=C\CCCCCCCC(=O)OC(COC(=O)CCCCCCCCCC)COP(=O)(O)OCC[N+](C)(C)C. The molecule has 0 saturated heterocycles. The molecule has 2 unspecified atom stereocenters. The monoisotopic (exact) mass is 1010 g/mol. The van der Waals surface area contributed by atoms with Crippen molar-refractivity contribution in [3.05, 3.63) is 134 Å². The number of allylic oxidation sites excluding steroid dienone is 22. The summed E-state index contributed by atoms with van der Waals surface area (Å²) >= 11 is 0. The molecule has 71 heavy (non-hydrogen) atoms. The van der Waals surface area contributed by atoms with Crippen molar-refractivity contribution in [1.29, 1.82) is 0 Å². The Hall–Kier alpha value is -3.85. The van der Waals surface area contributed by atoms with Crippen LogP contribution in [0.2, 0.25) is 0 Å². The van der Waals surface area contributed by atoms with Crippen LogP contribution in [0.5, 0.6) is 0 Å². The number of hydrogen-bond acceptors (Lipinski definition) is 7. The number of phosphoric acid groups is 1. The predicted octanol–water partition coefficient (Wildman–Crippen LogP) is 17.0. The normalized spacial score (nSPS) is 14.4. The Morgan fingerprint density at radius 2 is 0.803 bits per heavy atom. The van der Waals surface area contributed by atoms with Gasteiger partial charge in [-0.2, -0.15) is 0 Å². The van der Waals surface area contributed by atoms with E-state index in [0.717, 1.165) is 122 Å². The first kappa shape index (κ1) is 67.1. The highest BCUT2D eigenvalue weighted by atomic mass is 31.2. The van der Waals surface area contributed by atoms with E-state index in [2.05, 4.69) is 148 Å². The number of ether oxygens (including phenoxy) is 2. The van der Waals surface area contributed by atoms with E-state index < -0.39 is 26.5 Å². The summed E-state index contributed by atoms with van der Waals surface area (Å²) in [5.74, 6) is -0.835. The van der Waals surface area contributed by atoms with Crippen molar-refractivity contribution in [3.63, 3.8) is 0 Å². The highest BCUT2D eigenvalue weighted by molar-refractivity contribution is 7.47. The highest BCUT2D eigenvalue weighted by Crippen LogP contribution is 2.43. The van der Waals surface area contributed by atoms with Crippen molar-refractivity contribution in [2.75, 3.05) is 47.5 Å². The summed E-state index contributed by atoms with van der Waals surface area (Å²) in [5.41, 5.74) is 0. The summed E-state index contributed by atoms with van der Waals surface area (Å²) < 4.78 is 34.3. The van der Waals surface area contributed by atoms with Gasteiger partial charge >= 0.3 is 19.8 Å². The van der Waals surface area contributed by atoms with Gasteiger partial charge in [0.1, 0.15) is 19.8 Å². The third-order valence-corrected chi connectivity index (χ3v) is 11.9. The van der Waals surface area contributed by atoms with Gasteiger partial charge in [0.05, 0.1) is 27.7 Å². The van der Waals surface area contributed by atoms with Gasteiger partial charge in [-0.05, 0) is 96.3 Å². The van der Waals surface area contributed by atoms with Gasteiger partial charge in [-0.1, -0.05) is 212 Å². The van der Waals surface area contributed by atoms with E-state index in [4.69, 9.17) is 18.5 Å². The zero-order valence-electron chi connectivity index (χ0n) is 45.4. The zero-order chi connectivity index (χ0) is 52.0. The van der Waals surface area contributed by atoms with Crippen molar-refractivity contribution >= 4 is 19.8 Å². The van der Waals surface area contributed by atoms with Crippen LogP contribution >= 0.6 is 7.82 Å². The Balaban J connectivity index is 4.12. The van der Waals surface area contributed by atoms with Gasteiger partial charge in [-0.15, -0.1) is 0 Å². The molecule has 0 aromatic heterocycles. The van der Waals surface area contributed by atoms with E-state index in [1.807, 2.05) is 21.1 Å². The van der Waals surface area contributed by atoms with Crippen LogP contribution in [0, 0.1) is 0 Å². The zero-order valence-corrected chi connectivity index (χ0v) is 46.3. The molecule has 10 heteroatoms. The fourth-order valence-electron chi connectivity index (χ4n) is 6.72. The maximum absolute atomic E-state index is 12.7. The quantitative estimate of drug-likeness (QED) is 0.0211. The minimum atomic E-state index is -4.39. The number of quaternary nitrogens is 1. The van der Waals surface area contributed by atoms with E-state index in [-0.39, 0.29) is 32.0 Å². The fourth-order valence-corrected chi connectivity index (χ4v) is 7.46. The van der Waals surface area contributed by atoms with Gasteiger partial charge in [-0.3, -0.25) is 18.6 Å². The van der Waals surface area contributed by atoms with Crippen LogP contribution in [0.25, 0.3) is 0 Å². The van der Waals surface area contributed by atoms with E-state index in [9.17, 15) is 19.0 Å². The molecule has 2 atom stereocenters. The Morgan fingerprint density at radius 3 is 1.20 bits per heavy atom. The molecular weight excluding hydrogens is 906 g/mol. The second-order valence-corrected chi connectivity index (χ2v) is 20.3. The third-order valence-electron chi connectivity index (χ3n) is 10.9. The smallest absolute Gasteiger partial charge is 0.462 e. The molecule has 0 aliphatic carbocycles. The Bertz CT molecular complexity index is 1660. The summed E-state index contributed by atoms with van der Waals surface area (Å²) in [6, 6.07) is 0. The number of carbonyl (C=O) groups excluding carboxylic acids is 2. The number of unbranched alkanes of at least 4 members (excludes halogenated alkanes) is 12. The summed E-state index contributed by atoms with van der Waals surface area (Å²) in [7, 11) is 1.44. The number of nitrogens with zero attached hydrogens (tertiary/aromatic N) is 1. The van der Waals surface area contributed by atoms with Crippen LogP contribution in [0.3, 0.4) is 0 Å². The van der Waals surface area contributed by atoms with Gasteiger partial charge in [0.25, 0.3) is 0 Å². The van der Waals surface area contributed by atoms with Crippen LogP contribution < -0.4 is 0 Å². The first-order chi connectivity index (χ1) is 34.5. The molecule has 0 saturated carbocycles. The number of rotatable bonds is 48. The Kier molecular flexibility index (Phi) is 48.3. The molecule has 0 radical (unpaired) electrons. The van der Waals surface area contributed by atoms with Crippen molar-refractivity contribution in [3.8, 4) is 0 Å². The highest BCUT2D eigenvalue weighted by Gasteiger charge is 2.27. The van der Waals surface area contributed by atoms with E-state index >= 15 is 0 Å². The van der Waals surface area contributed by atoms with Gasteiger partial charge in [0.15, 0.2) is 6.10 Å². The standard InChI is InChI=1S/C61H100NO8P/c1-6-8-10-12-14-16-17-18-19-20-21-22-23-24-25-26-27-28-29-30-31-32-33-34-35-36-37-38-39-40-41-42-43-44-45-46-48-50-52-54-61(64)70-59(58-69-71(65,66)68-56-55-62(3,4)5)57-67-60(63)53-51-49-47-15-13-11-9-7-2/h8,10,14,16,18-19,21-22,24-25,27-28,30-31,33-34,36-37,39-40,42-43,59H,6-7,9,11-13,15,17,20,23,26,29,32,35,38,41,44-58H2,1-5H3/p+1/b10-8-,16-14-,19-18-,22-21-,25-24-,28-27-,31-30-,34-33-,37-36-,40-39-,43-42-. The lowest BCUT2D eigenvalue weighted by Gasteiger charge is -2.24. The molecule has 9 nitrogen and oxygen atoms in total. The van der Waals surface area contributed by atoms with Gasteiger partial charge in [0.2, 0.25) is 0 Å². The summed E-state index contributed by atoms with van der Waals surface area (Å²) in [5, 5.41) is 0. The van der Waals surface area contributed by atoms with E-state index in [1.54, 1.807) is 0 Å². The van der Waals surface area contributed by atoms with Crippen molar-refractivity contribution < 1.29 is 42.1 Å². The van der Waals surface area contributed by atoms with Crippen LogP contribution in [0.1, 0.15) is 187 Å². The van der Waals surface area contributed by atoms with Crippen LogP contribution in [-0.2, 0) is 32.7 Å². The number of hydrogen-bond donors (Lipinski definition) is 1. The van der Waals surface area contributed by atoms with Crippen LogP contribution in [0.4, 0.5) is 0 Å². The molecule has 0 aromatic carbocycles. The Morgan fingerprint density at radius 1 is 0.451 bits per heavy atom. The molecule has 0 amide bonds. The lowest BCUT2D eigenvalue weighted by molar-refractivity contribution is -0.870. The van der Waals surface area contributed by atoms with Crippen molar-refractivity contribution in [2.45, 2.75) is 193 Å². The van der Waals surface area contributed by atoms with Crippen LogP contribution in [0.15, 0.2) is 134 Å². The summed E-state index contributed by atoms with van der Waals surface area (Å²) in [4.78, 5) is 35.3. The van der Waals surface area contributed by atoms with Crippen LogP contribution in [-0.4, -0.2) is 74.9 Å². The fraction of sp³-hybridized carbons (Fsp3) is 0.607. The number of phosphoric ester groups is 1. The van der Waals surface area contributed by atoms with E-state index in [1.165, 1.54) is 32.1 Å². The molecule has 402 valence electrons. The molecule has 0 fully saturated rings. The molecule has 0 heterocycles. The molecule has 0 bridgehead atoms. The van der Waals surface area contributed by atoms with Gasteiger partial charge < -0.3 is 18.9 Å². The first-order valence-corrected chi connectivity index (χ1v) is 28.9. The molecule has 1 N–H and O–H groups in total. The minimum Gasteiger partial charge on any atom is -0.462 e. The first-order valence-electron chi connectivity index (χ1n) is 27.4. The maximum atomic E-state index is 12.7. The second kappa shape index (κ2) is 51.1. The lowest BCUT2D eigenvalue weighted by atomic mass is 10.1. The Labute approximate surface area is 434 Å². The molecule has 0 aliphatic rings. The predicted molar refractivity (Wildman–Crippen MR) is 302 cm³/mol. The lowest BCUT2D eigenvalue weighted by Crippen LogP contribution is -2.37. The number of esters is 2. The molecule has 0 rings (SSSR count). The molecule has 0 aromatic rings. The van der Waals surface area contributed by atoms with Crippen molar-refractivity contribution in [1.82, 2.24) is 0 Å². The van der Waals surface area contributed by atoms with Gasteiger partial charge in [-0.25, -0.2) is 4.57 Å². The molecule has 0 spiro atoms. The van der Waals surface area contributed by atoms with E-state index in [0.29, 0.717) is 17.4 Å². The topological polar surface area (TPSA) is 108 Å². The molecular formula is C61H101NO8P+. The molecule has 0 aliphatic heterocycles. The summed E-state index contributed by atoms with van der Waals surface area (Å²) in [6.07, 6.45) is 74.0. The maximum Gasteiger partial charge on any atom is 0.472 e. The third kappa shape index (κ3) is 55.3. The number of carbonyl (C=O) groups is 2. The minimum absolute atomic E-state index is 0.0216. The van der Waals surface area contributed by atoms with Gasteiger partial charge in [0, 0.05) is 12.8 Å². The average molecular weight is 1010 g/mol. The second-order valence-electron chi connectivity index (χ2n) is 18.9. The number of likely N-dealkylation sites (N-methyl/N-ethyl adjacent to an activating group) is 1. The average Bonchev–Trinajstić information content (AvgIpc) is 3.33. The largest absolute Gasteiger partial charge is 0.472 e.